The van der Waals surface area contributed by atoms with E-state index in [1.165, 1.54) is 5.56 Å². The van der Waals surface area contributed by atoms with E-state index in [0.29, 0.717) is 5.69 Å². The number of benzene rings is 2. The summed E-state index contributed by atoms with van der Waals surface area (Å²) in [5.41, 5.74) is 10.1. The van der Waals surface area contributed by atoms with Gasteiger partial charge in [0.15, 0.2) is 5.75 Å². The van der Waals surface area contributed by atoms with Crippen molar-refractivity contribution in [3.8, 4) is 11.5 Å². The fraction of sp³-hybridized carbons (Fsp3) is 0.200. The van der Waals surface area contributed by atoms with E-state index >= 15 is 0 Å². The van der Waals surface area contributed by atoms with E-state index in [2.05, 4.69) is 13.0 Å². The highest BCUT2D eigenvalue weighted by molar-refractivity contribution is 5.59. The Kier molecular flexibility index (Phi) is 3.05. The Hall–Kier alpha value is -1.96. The molecule has 0 radical (unpaired) electrons. The van der Waals surface area contributed by atoms with Crippen molar-refractivity contribution in [2.75, 3.05) is 5.73 Å². The number of ether oxygens (including phenoxy) is 1. The summed E-state index contributed by atoms with van der Waals surface area (Å²) in [5, 5.41) is 0. The Morgan fingerprint density at radius 2 is 1.65 bits per heavy atom. The van der Waals surface area contributed by atoms with E-state index in [1.807, 2.05) is 44.2 Å². The van der Waals surface area contributed by atoms with Crippen LogP contribution in [-0.2, 0) is 0 Å². The lowest BCUT2D eigenvalue weighted by molar-refractivity contribution is 0.481. The van der Waals surface area contributed by atoms with Crippen LogP contribution in [-0.4, -0.2) is 0 Å². The molecule has 2 heteroatoms. The van der Waals surface area contributed by atoms with Crippen molar-refractivity contribution >= 4 is 5.69 Å². The minimum Gasteiger partial charge on any atom is -0.455 e. The molecule has 0 aliphatic rings. The second-order valence-electron chi connectivity index (χ2n) is 4.36. The fourth-order valence-electron chi connectivity index (χ4n) is 1.78. The first-order valence-electron chi connectivity index (χ1n) is 5.68. The Morgan fingerprint density at radius 1 is 0.882 bits per heavy atom. The van der Waals surface area contributed by atoms with Crippen molar-refractivity contribution < 1.29 is 4.74 Å². The minimum absolute atomic E-state index is 0.701. The van der Waals surface area contributed by atoms with Gasteiger partial charge in [-0.3, -0.25) is 0 Å². The third-order valence-electron chi connectivity index (χ3n) is 2.83. The number of para-hydroxylation sites is 1. The highest BCUT2D eigenvalue weighted by atomic mass is 16.5. The summed E-state index contributed by atoms with van der Waals surface area (Å²) in [4.78, 5) is 0. The lowest BCUT2D eigenvalue weighted by Crippen LogP contribution is -1.95. The maximum Gasteiger partial charge on any atom is 0.150 e. The monoisotopic (exact) mass is 227 g/mol. The van der Waals surface area contributed by atoms with Crippen molar-refractivity contribution in [2.24, 2.45) is 0 Å². The first-order valence-corrected chi connectivity index (χ1v) is 5.68. The summed E-state index contributed by atoms with van der Waals surface area (Å²) in [5.74, 6) is 1.57. The Bertz CT molecular complexity index is 547. The normalized spacial score (nSPS) is 10.3. The van der Waals surface area contributed by atoms with Crippen molar-refractivity contribution in [2.45, 2.75) is 20.8 Å². The maximum absolute atomic E-state index is 5.99. The van der Waals surface area contributed by atoms with E-state index in [-0.39, 0.29) is 0 Å². The number of nitrogen functional groups attached to an aromatic ring is 1. The standard InChI is InChI=1S/C15H17NO/c1-10-7-8-13(12(3)9-10)17-14-6-4-5-11(2)15(14)16/h4-9H,16H2,1-3H3. The van der Waals surface area contributed by atoms with Crippen LogP contribution in [0, 0.1) is 20.8 Å². The number of nitrogens with two attached hydrogens (primary N) is 1. The van der Waals surface area contributed by atoms with Gasteiger partial charge in [-0.05, 0) is 44.0 Å². The molecule has 2 N–H and O–H groups in total. The van der Waals surface area contributed by atoms with Crippen LogP contribution in [0.1, 0.15) is 16.7 Å². The lowest BCUT2D eigenvalue weighted by Gasteiger charge is -2.12. The third-order valence-corrected chi connectivity index (χ3v) is 2.83. The van der Waals surface area contributed by atoms with Crippen LogP contribution < -0.4 is 10.5 Å². The molecule has 0 bridgehead atoms. The quantitative estimate of drug-likeness (QED) is 0.787. The molecule has 2 aromatic carbocycles. The van der Waals surface area contributed by atoms with Gasteiger partial charge in [0.25, 0.3) is 0 Å². The molecule has 2 nitrogen and oxygen atoms in total. The van der Waals surface area contributed by atoms with Gasteiger partial charge in [0.1, 0.15) is 5.75 Å². The molecule has 0 unspecified atom stereocenters. The zero-order chi connectivity index (χ0) is 12.4. The SMILES string of the molecule is Cc1ccc(Oc2cccc(C)c2N)c(C)c1. The van der Waals surface area contributed by atoms with Gasteiger partial charge >= 0.3 is 0 Å². The molecular formula is C15H17NO. The molecule has 0 aliphatic carbocycles. The third kappa shape index (κ3) is 2.41. The zero-order valence-corrected chi connectivity index (χ0v) is 10.4. The van der Waals surface area contributed by atoms with Gasteiger partial charge in [-0.2, -0.15) is 0 Å². The van der Waals surface area contributed by atoms with Crippen LogP contribution in [0.4, 0.5) is 5.69 Å². The molecule has 17 heavy (non-hydrogen) atoms. The molecule has 0 amide bonds. The maximum atomic E-state index is 5.99. The molecule has 2 aromatic rings. The average molecular weight is 227 g/mol. The Labute approximate surface area is 102 Å². The second kappa shape index (κ2) is 4.50. The van der Waals surface area contributed by atoms with Gasteiger partial charge in [-0.1, -0.05) is 29.8 Å². The summed E-state index contributed by atoms with van der Waals surface area (Å²) in [6.45, 7) is 6.08. The first-order chi connectivity index (χ1) is 8.08. The van der Waals surface area contributed by atoms with Crippen LogP contribution in [0.15, 0.2) is 36.4 Å². The number of hydrogen-bond donors (Lipinski definition) is 1. The minimum atomic E-state index is 0.701. The van der Waals surface area contributed by atoms with Gasteiger partial charge in [0.05, 0.1) is 5.69 Å². The van der Waals surface area contributed by atoms with E-state index in [1.54, 1.807) is 0 Å². The first kappa shape index (κ1) is 11.5. The molecule has 88 valence electrons. The summed E-state index contributed by atoms with van der Waals surface area (Å²) in [6.07, 6.45) is 0. The van der Waals surface area contributed by atoms with Crippen LogP contribution in [0.5, 0.6) is 11.5 Å². The van der Waals surface area contributed by atoms with E-state index in [0.717, 1.165) is 22.6 Å². The summed E-state index contributed by atoms with van der Waals surface area (Å²) < 4.78 is 5.85. The van der Waals surface area contributed by atoms with Crippen LogP contribution >= 0.6 is 0 Å². The summed E-state index contributed by atoms with van der Waals surface area (Å²) >= 11 is 0. The molecule has 2 rings (SSSR count). The molecule has 0 saturated heterocycles. The van der Waals surface area contributed by atoms with E-state index in [4.69, 9.17) is 10.5 Å². The molecule has 0 heterocycles. The second-order valence-corrected chi connectivity index (χ2v) is 4.36. The van der Waals surface area contributed by atoms with Gasteiger partial charge in [0.2, 0.25) is 0 Å². The van der Waals surface area contributed by atoms with Gasteiger partial charge < -0.3 is 10.5 Å². The molecule has 0 aliphatic heterocycles. The fourth-order valence-corrected chi connectivity index (χ4v) is 1.78. The average Bonchev–Trinajstić information content (AvgIpc) is 2.28. The number of anilines is 1. The van der Waals surface area contributed by atoms with Crippen LogP contribution in [0.3, 0.4) is 0 Å². The van der Waals surface area contributed by atoms with Crippen molar-refractivity contribution in [1.82, 2.24) is 0 Å². The molecule has 0 spiro atoms. The number of hydrogen-bond acceptors (Lipinski definition) is 2. The van der Waals surface area contributed by atoms with Crippen molar-refractivity contribution in [3.63, 3.8) is 0 Å². The van der Waals surface area contributed by atoms with Crippen molar-refractivity contribution in [3.05, 3.63) is 53.1 Å². The zero-order valence-electron chi connectivity index (χ0n) is 10.4. The largest absolute Gasteiger partial charge is 0.455 e. The predicted molar refractivity (Wildman–Crippen MR) is 71.6 cm³/mol. The summed E-state index contributed by atoms with van der Waals surface area (Å²) in [6, 6.07) is 11.9. The molecule has 0 saturated carbocycles. The van der Waals surface area contributed by atoms with Gasteiger partial charge in [-0.25, -0.2) is 0 Å². The lowest BCUT2D eigenvalue weighted by atomic mass is 10.1. The van der Waals surface area contributed by atoms with E-state index in [9.17, 15) is 0 Å². The topological polar surface area (TPSA) is 35.2 Å². The van der Waals surface area contributed by atoms with Crippen LogP contribution in [0.25, 0.3) is 0 Å². The predicted octanol–water partition coefficient (Wildman–Crippen LogP) is 3.99. The van der Waals surface area contributed by atoms with Crippen LogP contribution in [0.2, 0.25) is 0 Å². The van der Waals surface area contributed by atoms with Gasteiger partial charge in [0, 0.05) is 0 Å². The number of aryl methyl sites for hydroxylation is 3. The molecular weight excluding hydrogens is 210 g/mol. The highest BCUT2D eigenvalue weighted by Gasteiger charge is 2.06. The molecule has 0 aromatic heterocycles. The Balaban J connectivity index is 2.35. The van der Waals surface area contributed by atoms with Gasteiger partial charge in [-0.15, -0.1) is 0 Å². The van der Waals surface area contributed by atoms with E-state index < -0.39 is 0 Å². The molecule has 0 atom stereocenters. The van der Waals surface area contributed by atoms with Crippen molar-refractivity contribution in [1.29, 1.82) is 0 Å². The number of rotatable bonds is 2. The highest BCUT2D eigenvalue weighted by Crippen LogP contribution is 2.31. The smallest absolute Gasteiger partial charge is 0.150 e. The Morgan fingerprint density at radius 3 is 2.35 bits per heavy atom. The molecule has 0 fully saturated rings. The summed E-state index contributed by atoms with van der Waals surface area (Å²) in [7, 11) is 0.